The summed E-state index contributed by atoms with van der Waals surface area (Å²) >= 11 is 0. The number of H-pyrrole nitrogens is 1. The number of hydrogen-bond donors (Lipinski definition) is 1. The van der Waals surface area contributed by atoms with Crippen LogP contribution in [0.5, 0.6) is 0 Å². The van der Waals surface area contributed by atoms with Crippen LogP contribution in [0.1, 0.15) is 18.7 Å². The smallest absolute Gasteiger partial charge is 0.330 e. The average molecular weight is 263 g/mol. The van der Waals surface area contributed by atoms with Crippen molar-refractivity contribution in [2.75, 3.05) is 0 Å². The fourth-order valence-electron chi connectivity index (χ4n) is 2.04. The van der Waals surface area contributed by atoms with E-state index in [1.165, 1.54) is 10.8 Å². The Labute approximate surface area is 108 Å². The minimum Gasteiger partial charge on any atom is -0.350 e. The molecule has 1 aliphatic rings. The number of aryl methyl sites for hydroxylation is 1. The second-order valence-electron chi connectivity index (χ2n) is 4.40. The van der Waals surface area contributed by atoms with Crippen molar-refractivity contribution in [2.24, 2.45) is 5.11 Å². The maximum atomic E-state index is 11.8. The first-order valence-electron chi connectivity index (χ1n) is 5.66. The Morgan fingerprint density at radius 3 is 2.89 bits per heavy atom. The molecule has 0 spiro atoms. The molecule has 1 aliphatic heterocycles. The highest BCUT2D eigenvalue weighted by molar-refractivity contribution is 5.18. The van der Waals surface area contributed by atoms with E-state index in [-0.39, 0.29) is 6.10 Å². The first-order valence-corrected chi connectivity index (χ1v) is 5.66. The lowest BCUT2D eigenvalue weighted by molar-refractivity contribution is 0.0163. The summed E-state index contributed by atoms with van der Waals surface area (Å²) in [5.41, 5.74) is 8.34. The molecule has 0 aromatic carbocycles. The second kappa shape index (κ2) is 4.75. The number of ether oxygens (including phenoxy) is 1. The van der Waals surface area contributed by atoms with Crippen molar-refractivity contribution in [3.8, 4) is 0 Å². The Bertz CT molecular complexity index is 682. The van der Waals surface area contributed by atoms with Gasteiger partial charge in [0.2, 0.25) is 0 Å². The third-order valence-electron chi connectivity index (χ3n) is 3.06. The molecule has 0 amide bonds. The summed E-state index contributed by atoms with van der Waals surface area (Å²) in [6, 6.07) is -0.533. The van der Waals surface area contributed by atoms with Crippen molar-refractivity contribution < 1.29 is 4.74 Å². The first-order chi connectivity index (χ1) is 8.95. The molecule has 3 atom stereocenters. The van der Waals surface area contributed by atoms with Crippen LogP contribution in [0, 0.1) is 6.92 Å². The molecule has 1 N–H and O–H groups in total. The Morgan fingerprint density at radius 2 is 2.26 bits per heavy atom. The predicted molar refractivity (Wildman–Crippen MR) is 67.7 cm³/mol. The molecule has 100 valence electrons. The Morgan fingerprint density at radius 1 is 1.58 bits per heavy atom. The van der Waals surface area contributed by atoms with Gasteiger partial charge < -0.3 is 4.74 Å². The van der Waals surface area contributed by atoms with Gasteiger partial charge in [0, 0.05) is 16.7 Å². The molecule has 1 fully saturated rings. The van der Waals surface area contributed by atoms with E-state index in [9.17, 15) is 9.59 Å². The van der Waals surface area contributed by atoms with Crippen LogP contribution in [0.4, 0.5) is 0 Å². The zero-order chi connectivity index (χ0) is 14.2. The van der Waals surface area contributed by atoms with Crippen LogP contribution in [-0.4, -0.2) is 21.7 Å². The van der Waals surface area contributed by atoms with Crippen LogP contribution in [-0.2, 0) is 4.74 Å². The molecule has 0 radical (unpaired) electrons. The van der Waals surface area contributed by atoms with Crippen LogP contribution in [0.25, 0.3) is 10.4 Å². The van der Waals surface area contributed by atoms with Gasteiger partial charge in [0.05, 0.1) is 12.1 Å². The Hall–Kier alpha value is -2.31. The quantitative estimate of drug-likeness (QED) is 0.371. The van der Waals surface area contributed by atoms with E-state index < -0.39 is 23.5 Å². The lowest BCUT2D eigenvalue weighted by Gasteiger charge is -2.15. The van der Waals surface area contributed by atoms with Crippen molar-refractivity contribution >= 4 is 0 Å². The molecular weight excluding hydrogens is 250 g/mol. The number of aromatic nitrogens is 2. The normalized spacial score (nSPS) is 26.2. The van der Waals surface area contributed by atoms with E-state index in [1.807, 2.05) is 0 Å². The molecule has 2 heterocycles. The number of aromatic amines is 1. The van der Waals surface area contributed by atoms with Crippen molar-refractivity contribution in [3.63, 3.8) is 0 Å². The topological polar surface area (TPSA) is 113 Å². The van der Waals surface area contributed by atoms with Gasteiger partial charge in [-0.25, -0.2) is 4.79 Å². The lowest BCUT2D eigenvalue weighted by atomic mass is 10.1. The van der Waals surface area contributed by atoms with Gasteiger partial charge in [-0.15, -0.1) is 0 Å². The van der Waals surface area contributed by atoms with Crippen LogP contribution in [0.15, 0.2) is 33.1 Å². The van der Waals surface area contributed by atoms with E-state index in [4.69, 9.17) is 10.3 Å². The predicted octanol–water partition coefficient (Wildman–Crippen LogP) is 0.997. The van der Waals surface area contributed by atoms with Crippen LogP contribution >= 0.6 is 0 Å². The van der Waals surface area contributed by atoms with Gasteiger partial charge >= 0.3 is 5.69 Å². The summed E-state index contributed by atoms with van der Waals surface area (Å²) < 4.78 is 6.82. The Kier molecular flexibility index (Phi) is 3.28. The largest absolute Gasteiger partial charge is 0.350 e. The van der Waals surface area contributed by atoms with Crippen molar-refractivity contribution in [1.82, 2.24) is 9.55 Å². The third-order valence-corrected chi connectivity index (χ3v) is 3.06. The summed E-state index contributed by atoms with van der Waals surface area (Å²) in [4.78, 5) is 28.0. The van der Waals surface area contributed by atoms with E-state index in [1.54, 1.807) is 13.8 Å². The summed E-state index contributed by atoms with van der Waals surface area (Å²) in [5.74, 6) is 0. The summed E-state index contributed by atoms with van der Waals surface area (Å²) in [5, 5.41) is 3.60. The molecule has 19 heavy (non-hydrogen) atoms. The molecule has 2 rings (SSSR count). The highest BCUT2D eigenvalue weighted by Crippen LogP contribution is 2.33. The van der Waals surface area contributed by atoms with Gasteiger partial charge in [-0.05, 0) is 25.0 Å². The minimum absolute atomic E-state index is 0.382. The van der Waals surface area contributed by atoms with Crippen LogP contribution in [0.2, 0.25) is 0 Å². The summed E-state index contributed by atoms with van der Waals surface area (Å²) in [6.07, 6.45) is 0.281. The van der Waals surface area contributed by atoms with Gasteiger partial charge in [-0.3, -0.25) is 14.3 Å². The summed E-state index contributed by atoms with van der Waals surface area (Å²) in [6.45, 7) is 7.13. The Balaban J connectivity index is 2.47. The number of rotatable bonds is 2. The number of hydrogen-bond acceptors (Lipinski definition) is 4. The molecule has 0 saturated carbocycles. The summed E-state index contributed by atoms with van der Waals surface area (Å²) in [7, 11) is 0. The van der Waals surface area contributed by atoms with Gasteiger partial charge in [-0.2, -0.15) is 0 Å². The standard InChI is InChI=1S/C11H13N5O3/c1-5-4-16(11(18)13-9(5)17)10-6(2)8(14-15-12)7(3)19-10/h4,7-8,10H,2H2,1,3H3,(H,13,17,18)/t7-,8+,10-/m1/s1. The molecule has 8 nitrogen and oxygen atoms in total. The van der Waals surface area contributed by atoms with E-state index in [0.29, 0.717) is 11.1 Å². The number of azide groups is 1. The van der Waals surface area contributed by atoms with Gasteiger partial charge in [0.15, 0.2) is 6.23 Å². The molecule has 1 saturated heterocycles. The fraction of sp³-hybridized carbons (Fsp3) is 0.455. The van der Waals surface area contributed by atoms with E-state index in [0.717, 1.165) is 0 Å². The average Bonchev–Trinajstić information content (AvgIpc) is 2.62. The maximum Gasteiger partial charge on any atom is 0.330 e. The van der Waals surface area contributed by atoms with E-state index in [2.05, 4.69) is 21.6 Å². The zero-order valence-electron chi connectivity index (χ0n) is 10.5. The highest BCUT2D eigenvalue weighted by atomic mass is 16.5. The number of nitrogens with zero attached hydrogens (tertiary/aromatic N) is 4. The molecule has 1 aromatic heterocycles. The van der Waals surface area contributed by atoms with Gasteiger partial charge in [-0.1, -0.05) is 11.7 Å². The molecule has 0 aliphatic carbocycles. The lowest BCUT2D eigenvalue weighted by Crippen LogP contribution is -2.33. The SMILES string of the molecule is C=C1[C@H](n2cc(C)c(=O)[nH]c2=O)O[C@H](C)[C@H]1N=[N+]=[N-]. The van der Waals surface area contributed by atoms with Crippen molar-refractivity contribution in [1.29, 1.82) is 0 Å². The zero-order valence-corrected chi connectivity index (χ0v) is 10.5. The van der Waals surface area contributed by atoms with Crippen molar-refractivity contribution in [3.05, 3.63) is 55.2 Å². The third kappa shape index (κ3) is 2.18. The second-order valence-corrected chi connectivity index (χ2v) is 4.40. The molecule has 0 unspecified atom stereocenters. The fourth-order valence-corrected chi connectivity index (χ4v) is 2.04. The molecule has 1 aromatic rings. The van der Waals surface area contributed by atoms with Gasteiger partial charge in [0.1, 0.15) is 0 Å². The molecule has 8 heteroatoms. The van der Waals surface area contributed by atoms with Gasteiger partial charge in [0.25, 0.3) is 5.56 Å². The first kappa shape index (κ1) is 13.1. The van der Waals surface area contributed by atoms with Crippen LogP contribution < -0.4 is 11.2 Å². The molecular formula is C11H13N5O3. The highest BCUT2D eigenvalue weighted by Gasteiger charge is 2.37. The molecule has 0 bridgehead atoms. The number of nitrogens with one attached hydrogen (secondary N) is 1. The van der Waals surface area contributed by atoms with Crippen LogP contribution in [0.3, 0.4) is 0 Å². The van der Waals surface area contributed by atoms with Crippen molar-refractivity contribution in [2.45, 2.75) is 32.2 Å². The minimum atomic E-state index is -0.742. The van der Waals surface area contributed by atoms with E-state index >= 15 is 0 Å². The monoisotopic (exact) mass is 263 g/mol. The maximum absolute atomic E-state index is 11.8.